The first kappa shape index (κ1) is 36.6. The molecule has 19 heteroatoms. The van der Waals surface area contributed by atoms with Crippen molar-refractivity contribution in [2.24, 2.45) is 11.7 Å². The van der Waals surface area contributed by atoms with Crippen LogP contribution < -0.4 is 11.7 Å². The Bertz CT molecular complexity index is 350. The van der Waals surface area contributed by atoms with E-state index in [0.29, 0.717) is 0 Å². The average Bonchev–Trinajstić information content (AvgIpc) is 1.77. The van der Waals surface area contributed by atoms with Gasteiger partial charge in [0.1, 0.15) is 0 Å². The molecule has 14 nitrogen and oxygen atoms in total. The van der Waals surface area contributed by atoms with E-state index in [0.717, 1.165) is 0 Å². The summed E-state index contributed by atoms with van der Waals surface area (Å²) in [6.07, 6.45) is 0. The van der Waals surface area contributed by atoms with Crippen LogP contribution in [-0.4, -0.2) is 52.6 Å². The summed E-state index contributed by atoms with van der Waals surface area (Å²) in [5.74, 6) is 8.00. The molecule has 0 aliphatic heterocycles. The molecule has 0 aliphatic rings. The van der Waals surface area contributed by atoms with Crippen LogP contribution in [0.15, 0.2) is 0 Å². The number of hydrogen-bond acceptors (Lipinski definition) is 14. The molecular weight excluding hydrogens is 428 g/mol. The van der Waals surface area contributed by atoms with Crippen molar-refractivity contribution >= 4 is 31.2 Å². The molecule has 4 N–H and O–H groups in total. The van der Waals surface area contributed by atoms with E-state index in [-0.39, 0.29) is 34.1 Å². The maximum Gasteiger partial charge on any atom is 3.00 e. The normalized spacial score (nSPS) is 9.47. The molecule has 0 heterocycles. The van der Waals surface area contributed by atoms with E-state index in [1.165, 1.54) is 0 Å². The van der Waals surface area contributed by atoms with Crippen LogP contribution in [-0.2, 0) is 65.3 Å². The van der Waals surface area contributed by atoms with Crippen LogP contribution in [0.2, 0.25) is 0 Å². The van der Waals surface area contributed by atoms with E-state index < -0.39 is 31.2 Å². The third-order valence-electron chi connectivity index (χ3n) is 0. The van der Waals surface area contributed by atoms with Gasteiger partial charge in [-0.15, -0.1) is 0 Å². The molecule has 0 unspecified atom stereocenters. The second kappa shape index (κ2) is 16.6. The van der Waals surface area contributed by atoms with Crippen LogP contribution in [0.1, 0.15) is 0 Å². The molecule has 0 fully saturated rings. The zero-order valence-corrected chi connectivity index (χ0v) is 12.6. The number of rotatable bonds is 0. The smallest absolute Gasteiger partial charge is 0.759 e. The summed E-state index contributed by atoms with van der Waals surface area (Å²) in [4.78, 5) is 0. The molecule has 0 aromatic heterocycles. The minimum Gasteiger partial charge on any atom is -0.759 e. The largest absolute Gasteiger partial charge is 3.00 e. The molecule has 120 valence electrons. The summed E-state index contributed by atoms with van der Waals surface area (Å²) in [6.45, 7) is 0. The molecule has 0 saturated heterocycles. The van der Waals surface area contributed by atoms with Crippen molar-refractivity contribution in [3.8, 4) is 0 Å². The van der Waals surface area contributed by atoms with E-state index >= 15 is 0 Å². The minimum atomic E-state index is -5.17. The van der Waals surface area contributed by atoms with Crippen LogP contribution in [0, 0.1) is 0 Å². The molecule has 0 amide bonds. The average molecular weight is 432 g/mol. The first-order valence-corrected chi connectivity index (χ1v) is 6.33. The van der Waals surface area contributed by atoms with E-state index in [1.807, 2.05) is 0 Å². The topological polar surface area (TPSA) is 293 Å². The van der Waals surface area contributed by atoms with Crippen molar-refractivity contribution in [2.45, 2.75) is 0 Å². The van der Waals surface area contributed by atoms with Gasteiger partial charge < -0.3 is 27.3 Å². The Morgan fingerprint density at radius 3 is 0.474 bits per heavy atom. The van der Waals surface area contributed by atoms with Crippen LogP contribution in [0.4, 0.5) is 0 Å². The van der Waals surface area contributed by atoms with E-state index in [9.17, 15) is 0 Å². The monoisotopic (exact) mass is 432 g/mol. The van der Waals surface area contributed by atoms with E-state index in [4.69, 9.17) is 52.6 Å². The van der Waals surface area contributed by atoms with Crippen LogP contribution >= 0.6 is 0 Å². The third kappa shape index (κ3) is 15700. The zero-order valence-electron chi connectivity index (χ0n) is 7.99. The molecule has 0 aromatic rings. The predicted octanol–water partition coefficient (Wildman–Crippen LogP) is -5.20. The fraction of sp³-hybridized carbons (Fsp3) is 0. The minimum absolute atomic E-state index is 0. The van der Waals surface area contributed by atoms with Crippen molar-refractivity contribution in [1.82, 2.24) is 0 Å². The quantitative estimate of drug-likeness (QED) is 0.119. The van der Waals surface area contributed by atoms with Gasteiger partial charge in [-0.1, -0.05) is 0 Å². The van der Waals surface area contributed by atoms with Gasteiger partial charge in [0.25, 0.3) is 0 Å². The van der Waals surface area contributed by atoms with Gasteiger partial charge in [0, 0.05) is 31.2 Å². The maximum atomic E-state index is 8.52. The Kier molecular flexibility index (Phi) is 32.1. The second-order valence-electron chi connectivity index (χ2n) is 1.22. The van der Waals surface area contributed by atoms with Crippen LogP contribution in [0.25, 0.3) is 0 Å². The van der Waals surface area contributed by atoms with E-state index in [1.54, 1.807) is 0 Å². The predicted molar refractivity (Wildman–Crippen MR) is 39.8 cm³/mol. The van der Waals surface area contributed by atoms with Crippen LogP contribution in [0.3, 0.4) is 0 Å². The molecule has 0 saturated carbocycles. The molecule has 2 radical (unpaired) electrons. The zero-order chi connectivity index (χ0) is 15.5. The maximum absolute atomic E-state index is 8.52. The van der Waals surface area contributed by atoms with Gasteiger partial charge in [0.15, 0.2) is 0 Å². The first-order chi connectivity index (χ1) is 7.00. The van der Waals surface area contributed by atoms with Gasteiger partial charge in [0.2, 0.25) is 0 Å². The molecule has 0 rings (SSSR count). The summed E-state index contributed by atoms with van der Waals surface area (Å²) in [7, 11) is -15.5. The number of hydrazine groups is 1. The van der Waals surface area contributed by atoms with Gasteiger partial charge >= 0.3 is 34.1 Å². The summed E-state index contributed by atoms with van der Waals surface area (Å²) < 4.78 is 102. The van der Waals surface area contributed by atoms with Gasteiger partial charge in [-0.25, -0.2) is 0 Å². The van der Waals surface area contributed by atoms with Crippen molar-refractivity contribution in [3.63, 3.8) is 0 Å². The van der Waals surface area contributed by atoms with Crippen molar-refractivity contribution in [3.05, 3.63) is 0 Å². The van der Waals surface area contributed by atoms with Crippen molar-refractivity contribution in [1.29, 1.82) is 0 Å². The molecule has 0 aromatic carbocycles. The molecule has 0 aliphatic carbocycles. The summed E-state index contributed by atoms with van der Waals surface area (Å²) >= 11 is 0. The number of hydrogen-bond donors (Lipinski definition) is 2. The Hall–Kier alpha value is 0.569. The Morgan fingerprint density at radius 1 is 0.474 bits per heavy atom. The fourth-order valence-corrected chi connectivity index (χ4v) is 0. The molecule has 0 spiro atoms. The Labute approximate surface area is 129 Å². The number of nitrogens with two attached hydrogens (primary N) is 2. The molecular formula is H4Fe2N2O12S3. The van der Waals surface area contributed by atoms with Gasteiger partial charge in [-0.2, -0.15) is 0 Å². The fourth-order valence-electron chi connectivity index (χ4n) is 0. The van der Waals surface area contributed by atoms with Crippen LogP contribution in [0.5, 0.6) is 0 Å². The summed E-state index contributed by atoms with van der Waals surface area (Å²) in [5, 5.41) is 0. The Morgan fingerprint density at radius 2 is 0.474 bits per heavy atom. The summed E-state index contributed by atoms with van der Waals surface area (Å²) in [6, 6.07) is 0. The van der Waals surface area contributed by atoms with Crippen molar-refractivity contribution in [2.75, 3.05) is 0 Å². The first-order valence-electron chi connectivity index (χ1n) is 2.33. The van der Waals surface area contributed by atoms with E-state index in [2.05, 4.69) is 11.7 Å². The van der Waals surface area contributed by atoms with Crippen molar-refractivity contribution < 1.29 is 86.7 Å². The summed E-state index contributed by atoms with van der Waals surface area (Å²) in [5.41, 5.74) is 0. The second-order valence-corrected chi connectivity index (χ2v) is 3.67. The standard InChI is InChI=1S/2Fe.H4N2.3H2O4S/c;;1-2;3*1-5(2,3)4/h;;1-2H2;3*(H2,1,2,3,4)/q2*+3;;;;/p-6. The van der Waals surface area contributed by atoms with Gasteiger partial charge in [0.05, 0.1) is 0 Å². The third-order valence-corrected chi connectivity index (χ3v) is 0. The van der Waals surface area contributed by atoms with Gasteiger partial charge in [-0.05, 0) is 0 Å². The van der Waals surface area contributed by atoms with Gasteiger partial charge in [-0.3, -0.25) is 36.9 Å². The molecule has 0 bridgehead atoms. The Balaban J connectivity index is -0.0000000298. The molecule has 0 atom stereocenters. The molecule has 19 heavy (non-hydrogen) atoms. The SMILES string of the molecule is NN.O=S(=O)([O-])[O-].O=S(=O)([O-])[O-].O=S(=O)([O-])[O-].[Fe+3].[Fe+3].